The number of anilines is 1. The van der Waals surface area contributed by atoms with Crippen molar-refractivity contribution in [2.75, 3.05) is 24.5 Å². The molecule has 22 heavy (non-hydrogen) atoms. The molecule has 1 aliphatic heterocycles. The smallest absolute Gasteiger partial charge is 0.252 e. The second-order valence-electron chi connectivity index (χ2n) is 5.01. The summed E-state index contributed by atoms with van der Waals surface area (Å²) < 4.78 is 0. The van der Waals surface area contributed by atoms with E-state index in [-0.39, 0.29) is 18.4 Å². The lowest BCUT2D eigenvalue weighted by Gasteiger charge is -2.38. The molecule has 2 aromatic rings. The molecule has 116 valence electrons. The van der Waals surface area contributed by atoms with E-state index in [4.69, 9.17) is 11.6 Å². The number of pyridine rings is 1. The summed E-state index contributed by atoms with van der Waals surface area (Å²) in [6.45, 7) is 2.75. The van der Waals surface area contributed by atoms with Gasteiger partial charge in [-0.3, -0.25) is 9.78 Å². The minimum absolute atomic E-state index is 0. The Balaban J connectivity index is 0.00000176. The standard InChI is InChI=1S/C16H16ClN3O.ClH/c17-16(21)13-1-3-14(4-2-13)20-10-9-19-11-15(20)12-5-7-18-8-6-12;/h1-8,15,19H,9-11H2;1H. The number of piperazine rings is 1. The number of halogens is 2. The Morgan fingerprint density at radius 2 is 1.86 bits per heavy atom. The van der Waals surface area contributed by atoms with Gasteiger partial charge in [0, 0.05) is 43.3 Å². The van der Waals surface area contributed by atoms with E-state index < -0.39 is 5.24 Å². The minimum atomic E-state index is -0.424. The third-order valence-corrected chi connectivity index (χ3v) is 3.98. The first kappa shape index (κ1) is 16.7. The van der Waals surface area contributed by atoms with Gasteiger partial charge in [-0.05, 0) is 53.6 Å². The summed E-state index contributed by atoms with van der Waals surface area (Å²) in [6, 6.07) is 11.8. The molecular weight excluding hydrogens is 321 g/mol. The van der Waals surface area contributed by atoms with Crippen molar-refractivity contribution in [1.29, 1.82) is 0 Å². The van der Waals surface area contributed by atoms with Gasteiger partial charge in [-0.25, -0.2) is 0 Å². The molecular formula is C16H17Cl2N3O. The topological polar surface area (TPSA) is 45.2 Å². The number of benzene rings is 1. The maximum atomic E-state index is 11.2. The van der Waals surface area contributed by atoms with Crippen LogP contribution < -0.4 is 10.2 Å². The first-order chi connectivity index (χ1) is 10.3. The van der Waals surface area contributed by atoms with E-state index in [0.29, 0.717) is 5.56 Å². The van der Waals surface area contributed by atoms with Crippen LogP contribution in [0.2, 0.25) is 0 Å². The first-order valence-electron chi connectivity index (χ1n) is 6.93. The van der Waals surface area contributed by atoms with Crippen molar-refractivity contribution in [3.8, 4) is 0 Å². The molecule has 0 spiro atoms. The van der Waals surface area contributed by atoms with E-state index in [0.717, 1.165) is 25.3 Å². The van der Waals surface area contributed by atoms with Crippen molar-refractivity contribution >= 4 is 34.9 Å². The van der Waals surface area contributed by atoms with E-state index in [1.54, 1.807) is 12.1 Å². The average Bonchev–Trinajstić information content (AvgIpc) is 2.56. The van der Waals surface area contributed by atoms with Gasteiger partial charge in [-0.15, -0.1) is 12.4 Å². The van der Waals surface area contributed by atoms with Crippen LogP contribution in [0.15, 0.2) is 48.8 Å². The number of rotatable bonds is 3. The Morgan fingerprint density at radius 1 is 1.18 bits per heavy atom. The SMILES string of the molecule is Cl.O=C(Cl)c1ccc(N2CCNCC2c2ccncc2)cc1. The molecule has 1 unspecified atom stereocenters. The van der Waals surface area contributed by atoms with Crippen molar-refractivity contribution in [2.45, 2.75) is 6.04 Å². The third kappa shape index (κ3) is 3.58. The van der Waals surface area contributed by atoms with Crippen molar-refractivity contribution in [3.05, 3.63) is 59.9 Å². The normalized spacial score (nSPS) is 17.7. The molecule has 1 fully saturated rings. The zero-order valence-electron chi connectivity index (χ0n) is 11.9. The van der Waals surface area contributed by atoms with Crippen LogP contribution in [0, 0.1) is 0 Å². The van der Waals surface area contributed by atoms with Gasteiger partial charge in [-0.2, -0.15) is 0 Å². The number of nitrogens with one attached hydrogen (secondary N) is 1. The van der Waals surface area contributed by atoms with Crippen molar-refractivity contribution in [1.82, 2.24) is 10.3 Å². The maximum Gasteiger partial charge on any atom is 0.252 e. The summed E-state index contributed by atoms with van der Waals surface area (Å²) >= 11 is 5.50. The second-order valence-corrected chi connectivity index (χ2v) is 5.36. The van der Waals surface area contributed by atoms with Gasteiger partial charge in [0.05, 0.1) is 6.04 Å². The summed E-state index contributed by atoms with van der Waals surface area (Å²) in [5.41, 5.74) is 2.85. The van der Waals surface area contributed by atoms with E-state index in [1.807, 2.05) is 36.7 Å². The van der Waals surface area contributed by atoms with Crippen LogP contribution in [-0.2, 0) is 0 Å². The molecule has 0 amide bonds. The zero-order chi connectivity index (χ0) is 14.7. The van der Waals surface area contributed by atoms with Crippen LogP contribution in [0.5, 0.6) is 0 Å². The van der Waals surface area contributed by atoms with Crippen molar-refractivity contribution in [2.24, 2.45) is 0 Å². The van der Waals surface area contributed by atoms with E-state index >= 15 is 0 Å². The Morgan fingerprint density at radius 3 is 2.50 bits per heavy atom. The lowest BCUT2D eigenvalue weighted by molar-refractivity contribution is 0.108. The zero-order valence-corrected chi connectivity index (χ0v) is 13.5. The number of aromatic nitrogens is 1. The number of hydrogen-bond acceptors (Lipinski definition) is 4. The second kappa shape index (κ2) is 7.58. The highest BCUT2D eigenvalue weighted by molar-refractivity contribution is 6.67. The minimum Gasteiger partial charge on any atom is -0.362 e. The first-order valence-corrected chi connectivity index (χ1v) is 7.30. The third-order valence-electron chi connectivity index (χ3n) is 3.76. The molecule has 0 bridgehead atoms. The lowest BCUT2D eigenvalue weighted by Crippen LogP contribution is -2.46. The summed E-state index contributed by atoms with van der Waals surface area (Å²) in [5.74, 6) is 0. The summed E-state index contributed by atoms with van der Waals surface area (Å²) in [7, 11) is 0. The predicted octanol–water partition coefficient (Wildman–Crippen LogP) is 3.03. The quantitative estimate of drug-likeness (QED) is 0.874. The van der Waals surface area contributed by atoms with E-state index in [1.165, 1.54) is 5.56 Å². The molecule has 1 atom stereocenters. The van der Waals surface area contributed by atoms with Crippen LogP contribution in [-0.4, -0.2) is 29.9 Å². The fourth-order valence-corrected chi connectivity index (χ4v) is 2.81. The molecule has 0 radical (unpaired) electrons. The summed E-state index contributed by atoms with van der Waals surface area (Å²) in [4.78, 5) is 17.6. The largest absolute Gasteiger partial charge is 0.362 e. The van der Waals surface area contributed by atoms with Crippen molar-refractivity contribution < 1.29 is 4.79 Å². The molecule has 6 heteroatoms. The highest BCUT2D eigenvalue weighted by Gasteiger charge is 2.23. The summed E-state index contributed by atoms with van der Waals surface area (Å²) in [5, 5.41) is 3.00. The average molecular weight is 338 g/mol. The monoisotopic (exact) mass is 337 g/mol. The van der Waals surface area contributed by atoms with Gasteiger partial charge in [-0.1, -0.05) is 0 Å². The van der Waals surface area contributed by atoms with Crippen LogP contribution in [0.3, 0.4) is 0 Å². The molecule has 1 N–H and O–H groups in total. The Kier molecular flexibility index (Phi) is 5.77. The molecule has 2 heterocycles. The van der Waals surface area contributed by atoms with Gasteiger partial charge in [0.1, 0.15) is 0 Å². The van der Waals surface area contributed by atoms with Gasteiger partial charge in [0.2, 0.25) is 0 Å². The van der Waals surface area contributed by atoms with Crippen LogP contribution in [0.1, 0.15) is 22.0 Å². The molecule has 4 nitrogen and oxygen atoms in total. The fraction of sp³-hybridized carbons (Fsp3) is 0.250. The number of nitrogens with zero attached hydrogens (tertiary/aromatic N) is 2. The molecule has 1 aromatic carbocycles. The molecule has 1 aliphatic rings. The molecule has 0 saturated carbocycles. The number of carbonyl (C=O) groups is 1. The Bertz CT molecular complexity index is 619. The Hall–Kier alpha value is -1.62. The van der Waals surface area contributed by atoms with Gasteiger partial charge in [0.25, 0.3) is 5.24 Å². The molecule has 1 aromatic heterocycles. The predicted molar refractivity (Wildman–Crippen MR) is 91.1 cm³/mol. The lowest BCUT2D eigenvalue weighted by atomic mass is 10.0. The van der Waals surface area contributed by atoms with Crippen LogP contribution in [0.4, 0.5) is 5.69 Å². The van der Waals surface area contributed by atoms with Crippen LogP contribution >= 0.6 is 24.0 Å². The van der Waals surface area contributed by atoms with E-state index in [9.17, 15) is 4.79 Å². The van der Waals surface area contributed by atoms with Gasteiger partial charge in [0.15, 0.2) is 0 Å². The highest BCUT2D eigenvalue weighted by Crippen LogP contribution is 2.28. The van der Waals surface area contributed by atoms with E-state index in [2.05, 4.69) is 15.2 Å². The molecule has 3 rings (SSSR count). The number of carbonyl (C=O) groups excluding carboxylic acids is 1. The molecule has 0 aliphatic carbocycles. The van der Waals surface area contributed by atoms with Gasteiger partial charge >= 0.3 is 0 Å². The fourth-order valence-electron chi connectivity index (χ4n) is 2.68. The Labute approximate surface area is 140 Å². The molecule has 1 saturated heterocycles. The van der Waals surface area contributed by atoms with Crippen molar-refractivity contribution in [3.63, 3.8) is 0 Å². The summed E-state index contributed by atoms with van der Waals surface area (Å²) in [6.07, 6.45) is 3.63. The van der Waals surface area contributed by atoms with Crippen LogP contribution in [0.25, 0.3) is 0 Å². The number of hydrogen-bond donors (Lipinski definition) is 1. The van der Waals surface area contributed by atoms with Gasteiger partial charge < -0.3 is 10.2 Å². The maximum absolute atomic E-state index is 11.2. The highest BCUT2D eigenvalue weighted by atomic mass is 35.5.